The average molecular weight is 381 g/mol. The van der Waals surface area contributed by atoms with Crippen LogP contribution in [0.5, 0.6) is 11.5 Å². The number of benzene rings is 1. The Balaban J connectivity index is 1.69. The number of alkyl halides is 2. The number of fused-ring (bicyclic) bond motifs is 2. The van der Waals surface area contributed by atoms with Gasteiger partial charge in [0.25, 0.3) is 0 Å². The predicted molar refractivity (Wildman–Crippen MR) is 98.6 cm³/mol. The Morgan fingerprint density at radius 2 is 1.96 bits per heavy atom. The van der Waals surface area contributed by atoms with Gasteiger partial charge in [-0.3, -0.25) is 9.98 Å². The number of nitrogens with two attached hydrogens (primary N) is 1. The van der Waals surface area contributed by atoms with Crippen LogP contribution in [0.2, 0.25) is 0 Å². The largest absolute Gasteiger partial charge is 0.586 e. The number of ether oxygens (including phenoxy) is 2. The minimum Gasteiger partial charge on any atom is -0.395 e. The highest BCUT2D eigenvalue weighted by atomic mass is 19.3. The summed E-state index contributed by atoms with van der Waals surface area (Å²) in [6.07, 6.45) is -0.203. The molecule has 140 valence electrons. The summed E-state index contributed by atoms with van der Waals surface area (Å²) in [5, 5.41) is 0. The average Bonchev–Trinajstić information content (AvgIpc) is 3.16. The third kappa shape index (κ3) is 2.63. The highest BCUT2D eigenvalue weighted by molar-refractivity contribution is 6.39. The summed E-state index contributed by atoms with van der Waals surface area (Å²) >= 11 is 0. The van der Waals surface area contributed by atoms with Gasteiger partial charge in [0.2, 0.25) is 5.95 Å². The molecule has 0 saturated heterocycles. The number of anilines is 1. The molecule has 9 heteroatoms. The number of aromatic nitrogens is 2. The molecule has 3 aliphatic heterocycles. The predicted octanol–water partition coefficient (Wildman–Crippen LogP) is 3.00. The first-order valence-electron chi connectivity index (χ1n) is 8.44. The van der Waals surface area contributed by atoms with Crippen molar-refractivity contribution >= 4 is 22.9 Å². The molecule has 0 radical (unpaired) electrons. The van der Waals surface area contributed by atoms with Crippen molar-refractivity contribution in [1.82, 2.24) is 9.97 Å². The second-order valence-electron chi connectivity index (χ2n) is 6.43. The molecule has 2 N–H and O–H groups in total. The van der Waals surface area contributed by atoms with Crippen molar-refractivity contribution in [2.45, 2.75) is 13.2 Å². The molecule has 0 amide bonds. The van der Waals surface area contributed by atoms with Gasteiger partial charge in [0.1, 0.15) is 0 Å². The van der Waals surface area contributed by atoms with Gasteiger partial charge >= 0.3 is 6.29 Å². The topological polar surface area (TPSA) is 95.0 Å². The number of rotatable bonds is 2. The molecule has 0 atom stereocenters. The molecule has 0 aliphatic carbocycles. The summed E-state index contributed by atoms with van der Waals surface area (Å²) in [5.41, 5.74) is 10.7. The highest BCUT2D eigenvalue weighted by Gasteiger charge is 2.43. The summed E-state index contributed by atoms with van der Waals surface area (Å²) < 4.78 is 35.9. The van der Waals surface area contributed by atoms with Crippen molar-refractivity contribution in [3.8, 4) is 11.5 Å². The maximum absolute atomic E-state index is 13.4. The Morgan fingerprint density at radius 1 is 1.14 bits per heavy atom. The number of hydrogen-bond acceptors (Lipinski definition) is 7. The zero-order valence-corrected chi connectivity index (χ0v) is 14.6. The van der Waals surface area contributed by atoms with Crippen LogP contribution in [0, 0.1) is 0 Å². The molecule has 1 aromatic carbocycles. The van der Waals surface area contributed by atoms with Crippen molar-refractivity contribution in [1.29, 1.82) is 0 Å². The molecular formula is C19H13F2N5O2. The van der Waals surface area contributed by atoms with E-state index in [0.29, 0.717) is 29.1 Å². The fourth-order valence-electron chi connectivity index (χ4n) is 3.41. The van der Waals surface area contributed by atoms with Gasteiger partial charge in [0.15, 0.2) is 11.5 Å². The number of nitrogen functional groups attached to an aromatic ring is 1. The Morgan fingerprint density at radius 3 is 2.79 bits per heavy atom. The van der Waals surface area contributed by atoms with Gasteiger partial charge in [-0.15, -0.1) is 8.78 Å². The van der Waals surface area contributed by atoms with E-state index < -0.39 is 6.29 Å². The second-order valence-corrected chi connectivity index (χ2v) is 6.43. The van der Waals surface area contributed by atoms with E-state index in [0.717, 1.165) is 17.0 Å². The van der Waals surface area contributed by atoms with Crippen molar-refractivity contribution in [3.05, 3.63) is 59.1 Å². The van der Waals surface area contributed by atoms with Crippen molar-refractivity contribution < 1.29 is 18.3 Å². The van der Waals surface area contributed by atoms with Gasteiger partial charge in [0, 0.05) is 23.0 Å². The summed E-state index contributed by atoms with van der Waals surface area (Å²) in [6, 6.07) is 6.33. The van der Waals surface area contributed by atoms with E-state index in [1.54, 1.807) is 18.3 Å². The van der Waals surface area contributed by atoms with Gasteiger partial charge in [-0.25, -0.2) is 9.97 Å². The normalized spacial score (nSPS) is 19.2. The van der Waals surface area contributed by atoms with Crippen LogP contribution in [0.3, 0.4) is 0 Å². The van der Waals surface area contributed by atoms with Crippen LogP contribution in [0.1, 0.15) is 18.2 Å². The van der Waals surface area contributed by atoms with Crippen molar-refractivity contribution in [3.63, 3.8) is 0 Å². The minimum atomic E-state index is -3.68. The summed E-state index contributed by atoms with van der Waals surface area (Å²) in [6.45, 7) is 2.27. The van der Waals surface area contributed by atoms with Crippen molar-refractivity contribution in [2.75, 3.05) is 12.3 Å². The lowest BCUT2D eigenvalue weighted by Gasteiger charge is -2.19. The van der Waals surface area contributed by atoms with Gasteiger partial charge in [-0.05, 0) is 36.8 Å². The Kier molecular flexibility index (Phi) is 3.36. The second kappa shape index (κ2) is 5.69. The number of aliphatic imine (C=N–C) groups is 2. The first-order valence-corrected chi connectivity index (χ1v) is 8.44. The van der Waals surface area contributed by atoms with E-state index in [-0.39, 0.29) is 17.4 Å². The lowest BCUT2D eigenvalue weighted by molar-refractivity contribution is -0.286. The molecule has 2 aromatic rings. The number of dihydropyridines is 1. The van der Waals surface area contributed by atoms with Crippen LogP contribution in [-0.2, 0) is 0 Å². The van der Waals surface area contributed by atoms with E-state index in [1.165, 1.54) is 12.1 Å². The van der Waals surface area contributed by atoms with E-state index >= 15 is 0 Å². The monoisotopic (exact) mass is 381 g/mol. The van der Waals surface area contributed by atoms with Crippen LogP contribution in [0.4, 0.5) is 14.7 Å². The SMILES string of the molecule is CC1=CC2=C(c3ccc4c(c3)OC(F)(F)O4)C(c3ccnc(N)n3)=NCC2=N1. The standard InChI is InChI=1S/C19H13F2N5O2/c1-9-6-11-13(25-9)8-24-17(12-4-5-23-18(22)26-12)16(11)10-2-3-14-15(7-10)28-19(20,21)27-14/h2-7H,8H2,1H3,(H2,22,23,26). The first kappa shape index (κ1) is 16.5. The van der Waals surface area contributed by atoms with Crippen LogP contribution < -0.4 is 15.2 Å². The van der Waals surface area contributed by atoms with E-state index in [1.807, 2.05) is 13.0 Å². The van der Waals surface area contributed by atoms with Crippen LogP contribution in [0.25, 0.3) is 5.57 Å². The van der Waals surface area contributed by atoms with Crippen molar-refractivity contribution in [2.24, 2.45) is 9.98 Å². The van der Waals surface area contributed by atoms with Gasteiger partial charge in [-0.1, -0.05) is 6.07 Å². The van der Waals surface area contributed by atoms with Gasteiger partial charge in [0.05, 0.1) is 23.7 Å². The molecule has 0 unspecified atom stereocenters. The molecule has 0 bridgehead atoms. The Bertz CT molecular complexity index is 1150. The number of nitrogens with zero attached hydrogens (tertiary/aromatic N) is 4. The fraction of sp³-hybridized carbons (Fsp3) is 0.158. The van der Waals surface area contributed by atoms with Crippen LogP contribution >= 0.6 is 0 Å². The van der Waals surface area contributed by atoms with E-state index in [9.17, 15) is 8.78 Å². The molecule has 0 saturated carbocycles. The maximum atomic E-state index is 13.4. The lowest BCUT2D eigenvalue weighted by Crippen LogP contribution is -2.25. The molecule has 3 aliphatic rings. The molecule has 28 heavy (non-hydrogen) atoms. The summed E-state index contributed by atoms with van der Waals surface area (Å²) in [4.78, 5) is 17.3. The van der Waals surface area contributed by atoms with Crippen LogP contribution in [0.15, 0.2) is 57.8 Å². The molecule has 0 spiro atoms. The zero-order valence-electron chi connectivity index (χ0n) is 14.6. The van der Waals surface area contributed by atoms with E-state index in [2.05, 4.69) is 29.4 Å². The molecule has 7 nitrogen and oxygen atoms in total. The quantitative estimate of drug-likeness (QED) is 0.863. The molecule has 0 fully saturated rings. The first-order chi connectivity index (χ1) is 13.4. The number of allylic oxidation sites excluding steroid dienone is 3. The highest BCUT2D eigenvalue weighted by Crippen LogP contribution is 2.43. The minimum absolute atomic E-state index is 0.0213. The maximum Gasteiger partial charge on any atom is 0.586 e. The third-order valence-corrected chi connectivity index (χ3v) is 4.48. The summed E-state index contributed by atoms with van der Waals surface area (Å²) in [5.74, 6) is 0.0550. The van der Waals surface area contributed by atoms with Crippen LogP contribution in [-0.4, -0.2) is 34.2 Å². The lowest BCUT2D eigenvalue weighted by atomic mass is 9.89. The number of halogens is 2. The van der Waals surface area contributed by atoms with Gasteiger partial charge < -0.3 is 15.2 Å². The number of hydrogen-bond donors (Lipinski definition) is 1. The Hall–Kier alpha value is -3.62. The molecule has 1 aromatic heterocycles. The van der Waals surface area contributed by atoms with Gasteiger partial charge in [-0.2, -0.15) is 0 Å². The Labute approximate surface area is 158 Å². The van der Waals surface area contributed by atoms with E-state index in [4.69, 9.17) is 5.73 Å². The zero-order chi connectivity index (χ0) is 19.5. The summed E-state index contributed by atoms with van der Waals surface area (Å²) in [7, 11) is 0. The molecule has 4 heterocycles. The molecule has 5 rings (SSSR count). The fourth-order valence-corrected chi connectivity index (χ4v) is 3.41. The molecular weight excluding hydrogens is 368 g/mol. The smallest absolute Gasteiger partial charge is 0.395 e. The third-order valence-electron chi connectivity index (χ3n) is 4.48.